The maximum atomic E-state index is 12.4. The van der Waals surface area contributed by atoms with Gasteiger partial charge in [0, 0.05) is 18.1 Å². The molecule has 0 spiro atoms. The summed E-state index contributed by atoms with van der Waals surface area (Å²) in [4.78, 5) is 14.7. The lowest BCUT2D eigenvalue weighted by Crippen LogP contribution is -2.54. The van der Waals surface area contributed by atoms with Gasteiger partial charge in [0.15, 0.2) is 0 Å². The molecule has 1 heterocycles. The fourth-order valence-corrected chi connectivity index (χ4v) is 2.80. The third kappa shape index (κ3) is 5.80. The van der Waals surface area contributed by atoms with E-state index in [4.69, 9.17) is 0 Å². The number of hydrogen-bond acceptors (Lipinski definition) is 3. The molecule has 1 fully saturated rings. The van der Waals surface area contributed by atoms with Gasteiger partial charge in [-0.2, -0.15) is 0 Å². The number of rotatable bonds is 5. The van der Waals surface area contributed by atoms with Gasteiger partial charge in [0.2, 0.25) is 5.91 Å². The molecule has 0 aromatic rings. The Morgan fingerprint density at radius 1 is 1.25 bits per heavy atom. The van der Waals surface area contributed by atoms with Gasteiger partial charge in [-0.25, -0.2) is 0 Å². The third-order valence-electron chi connectivity index (χ3n) is 3.97. The first-order valence-electron chi connectivity index (χ1n) is 7.99. The van der Waals surface area contributed by atoms with E-state index in [1.54, 1.807) is 0 Å². The second-order valence-electron chi connectivity index (χ2n) is 7.40. The highest BCUT2D eigenvalue weighted by Crippen LogP contribution is 2.17. The predicted octanol–water partition coefficient (Wildman–Crippen LogP) is 2.00. The molecule has 2 N–H and O–H groups in total. The minimum absolute atomic E-state index is 0.0656. The van der Waals surface area contributed by atoms with Crippen LogP contribution in [0.5, 0.6) is 0 Å². The van der Waals surface area contributed by atoms with Crippen LogP contribution in [0.3, 0.4) is 0 Å². The Kier molecular flexibility index (Phi) is 6.46. The molecule has 0 saturated carbocycles. The molecule has 1 aliphatic heterocycles. The molecule has 0 aromatic heterocycles. The van der Waals surface area contributed by atoms with E-state index in [2.05, 4.69) is 29.4 Å². The fraction of sp³-hybridized carbons (Fsp3) is 0.938. The SMILES string of the molecule is CC(C)N(CC1CCNCC1)C(C)C(=O)NC(C)(C)C. The number of amides is 1. The molecule has 1 saturated heterocycles. The average molecular weight is 283 g/mol. The Morgan fingerprint density at radius 3 is 2.25 bits per heavy atom. The summed E-state index contributed by atoms with van der Waals surface area (Å²) < 4.78 is 0. The number of nitrogens with zero attached hydrogens (tertiary/aromatic N) is 1. The minimum Gasteiger partial charge on any atom is -0.350 e. The van der Waals surface area contributed by atoms with Crippen molar-refractivity contribution < 1.29 is 4.79 Å². The Balaban J connectivity index is 2.61. The monoisotopic (exact) mass is 283 g/mol. The van der Waals surface area contributed by atoms with Crippen LogP contribution in [0.1, 0.15) is 54.4 Å². The van der Waals surface area contributed by atoms with Crippen molar-refractivity contribution in [2.75, 3.05) is 19.6 Å². The second kappa shape index (κ2) is 7.41. The zero-order valence-corrected chi connectivity index (χ0v) is 14.1. The van der Waals surface area contributed by atoms with Crippen LogP contribution < -0.4 is 10.6 Å². The van der Waals surface area contributed by atoms with Crippen LogP contribution in [0.4, 0.5) is 0 Å². The maximum Gasteiger partial charge on any atom is 0.237 e. The molecule has 118 valence electrons. The normalized spacial score (nSPS) is 19.4. The standard InChI is InChI=1S/C16H33N3O/c1-12(2)19(11-14-7-9-17-10-8-14)13(3)15(20)18-16(4,5)6/h12-14,17H,7-11H2,1-6H3,(H,18,20). The van der Waals surface area contributed by atoms with E-state index in [0.29, 0.717) is 12.0 Å². The lowest BCUT2D eigenvalue weighted by Gasteiger charge is -2.37. The summed E-state index contributed by atoms with van der Waals surface area (Å²) in [5.74, 6) is 0.851. The Labute approximate surface area is 124 Å². The highest BCUT2D eigenvalue weighted by Gasteiger charge is 2.28. The molecule has 1 atom stereocenters. The van der Waals surface area contributed by atoms with Crippen molar-refractivity contribution in [3.05, 3.63) is 0 Å². The fourth-order valence-electron chi connectivity index (χ4n) is 2.80. The maximum absolute atomic E-state index is 12.4. The summed E-state index contributed by atoms with van der Waals surface area (Å²) in [6.07, 6.45) is 2.44. The number of hydrogen-bond donors (Lipinski definition) is 2. The minimum atomic E-state index is -0.164. The molecule has 0 aliphatic carbocycles. The zero-order chi connectivity index (χ0) is 15.3. The van der Waals surface area contributed by atoms with Crippen LogP contribution in [-0.4, -0.2) is 48.1 Å². The van der Waals surface area contributed by atoms with Crippen molar-refractivity contribution in [1.29, 1.82) is 0 Å². The van der Waals surface area contributed by atoms with Crippen LogP contribution in [0, 0.1) is 5.92 Å². The van der Waals surface area contributed by atoms with Crippen LogP contribution >= 0.6 is 0 Å². The van der Waals surface area contributed by atoms with Gasteiger partial charge < -0.3 is 10.6 Å². The first-order chi connectivity index (χ1) is 9.20. The Bertz CT molecular complexity index is 303. The van der Waals surface area contributed by atoms with Gasteiger partial charge in [-0.15, -0.1) is 0 Å². The zero-order valence-electron chi connectivity index (χ0n) is 14.1. The summed E-state index contributed by atoms with van der Waals surface area (Å²) in [5, 5.41) is 6.50. The largest absolute Gasteiger partial charge is 0.350 e. The average Bonchev–Trinajstić information content (AvgIpc) is 2.34. The first-order valence-corrected chi connectivity index (χ1v) is 7.99. The van der Waals surface area contributed by atoms with E-state index < -0.39 is 0 Å². The number of piperidine rings is 1. The van der Waals surface area contributed by atoms with Crippen LogP contribution in [0.25, 0.3) is 0 Å². The van der Waals surface area contributed by atoms with Gasteiger partial charge in [0.1, 0.15) is 0 Å². The predicted molar refractivity (Wildman–Crippen MR) is 84.8 cm³/mol. The van der Waals surface area contributed by atoms with Crippen molar-refractivity contribution in [3.63, 3.8) is 0 Å². The molecule has 0 radical (unpaired) electrons. The Hall–Kier alpha value is -0.610. The molecule has 1 rings (SSSR count). The van der Waals surface area contributed by atoms with Crippen LogP contribution in [0.2, 0.25) is 0 Å². The number of carbonyl (C=O) groups is 1. The second-order valence-corrected chi connectivity index (χ2v) is 7.40. The van der Waals surface area contributed by atoms with Crippen molar-refractivity contribution in [2.45, 2.75) is 72.0 Å². The quantitative estimate of drug-likeness (QED) is 0.811. The van der Waals surface area contributed by atoms with Gasteiger partial charge in [-0.3, -0.25) is 9.69 Å². The van der Waals surface area contributed by atoms with Crippen molar-refractivity contribution in [2.24, 2.45) is 5.92 Å². The smallest absolute Gasteiger partial charge is 0.237 e. The van der Waals surface area contributed by atoms with E-state index in [-0.39, 0.29) is 17.5 Å². The summed E-state index contributed by atoms with van der Waals surface area (Å²) in [7, 11) is 0. The third-order valence-corrected chi connectivity index (χ3v) is 3.97. The van der Waals surface area contributed by atoms with E-state index >= 15 is 0 Å². The van der Waals surface area contributed by atoms with Crippen molar-refractivity contribution in [3.8, 4) is 0 Å². The van der Waals surface area contributed by atoms with Crippen molar-refractivity contribution in [1.82, 2.24) is 15.5 Å². The van der Waals surface area contributed by atoms with E-state index in [1.165, 1.54) is 12.8 Å². The summed E-state index contributed by atoms with van der Waals surface area (Å²) in [6, 6.07) is 0.328. The molecule has 1 unspecified atom stereocenters. The van der Waals surface area contributed by atoms with Crippen molar-refractivity contribution >= 4 is 5.91 Å². The molecule has 20 heavy (non-hydrogen) atoms. The summed E-state index contributed by atoms with van der Waals surface area (Å²) in [5.41, 5.74) is -0.164. The molecule has 4 nitrogen and oxygen atoms in total. The molecule has 0 aromatic carbocycles. The molecule has 4 heteroatoms. The van der Waals surface area contributed by atoms with Gasteiger partial charge >= 0.3 is 0 Å². The van der Waals surface area contributed by atoms with E-state index in [1.807, 2.05) is 27.7 Å². The molecular weight excluding hydrogens is 250 g/mol. The molecule has 1 amide bonds. The van der Waals surface area contributed by atoms with E-state index in [9.17, 15) is 4.79 Å². The lowest BCUT2D eigenvalue weighted by molar-refractivity contribution is -0.128. The molecule has 1 aliphatic rings. The van der Waals surface area contributed by atoms with Crippen LogP contribution in [-0.2, 0) is 4.79 Å². The number of nitrogens with one attached hydrogen (secondary N) is 2. The lowest BCUT2D eigenvalue weighted by atomic mass is 9.96. The highest BCUT2D eigenvalue weighted by atomic mass is 16.2. The number of carbonyl (C=O) groups excluding carboxylic acids is 1. The Morgan fingerprint density at radius 2 is 1.80 bits per heavy atom. The van der Waals surface area contributed by atoms with Gasteiger partial charge in [0.05, 0.1) is 6.04 Å². The summed E-state index contributed by atoms with van der Waals surface area (Å²) in [6.45, 7) is 15.7. The first kappa shape index (κ1) is 17.4. The van der Waals surface area contributed by atoms with Gasteiger partial charge in [0.25, 0.3) is 0 Å². The van der Waals surface area contributed by atoms with Gasteiger partial charge in [-0.05, 0) is 73.4 Å². The molecular formula is C16H33N3O. The van der Waals surface area contributed by atoms with Crippen LogP contribution in [0.15, 0.2) is 0 Å². The van der Waals surface area contributed by atoms with Gasteiger partial charge in [-0.1, -0.05) is 0 Å². The topological polar surface area (TPSA) is 44.4 Å². The highest BCUT2D eigenvalue weighted by molar-refractivity contribution is 5.82. The molecule has 0 bridgehead atoms. The summed E-state index contributed by atoms with van der Waals surface area (Å²) >= 11 is 0. The van der Waals surface area contributed by atoms with E-state index in [0.717, 1.165) is 19.6 Å².